The van der Waals surface area contributed by atoms with E-state index in [9.17, 15) is 25.9 Å². The first-order valence-electron chi connectivity index (χ1n) is 5.72. The second-order valence-corrected chi connectivity index (χ2v) is 7.02. The zero-order chi connectivity index (χ0) is 16.7. The van der Waals surface area contributed by atoms with E-state index < -0.39 is 35.7 Å². The van der Waals surface area contributed by atoms with Crippen molar-refractivity contribution in [3.8, 4) is 11.1 Å². The summed E-state index contributed by atoms with van der Waals surface area (Å²) in [6.45, 7) is 0. The van der Waals surface area contributed by atoms with Crippen LogP contribution >= 0.6 is 0 Å². The maximum absolute atomic E-state index is 11.5. The van der Waals surface area contributed by atoms with Crippen LogP contribution in [0, 0.1) is 0 Å². The molecule has 4 N–H and O–H groups in total. The third kappa shape index (κ3) is 5.18. The smallest absolute Gasteiger partial charge is 0.744 e. The molecule has 0 saturated heterocycles. The molecule has 2 aromatic rings. The molecule has 2 rings (SSSR count). The molecule has 0 atom stereocenters. The Bertz CT molecular complexity index is 944. The Labute approximate surface area is 183 Å². The Hall–Kier alpha value is -0.140. The van der Waals surface area contributed by atoms with Gasteiger partial charge in [0, 0.05) is 11.3 Å². The van der Waals surface area contributed by atoms with Crippen molar-refractivity contribution >= 4 is 31.6 Å². The Balaban J connectivity index is 0.00000264. The zero-order valence-electron chi connectivity index (χ0n) is 12.9. The zero-order valence-corrected chi connectivity index (χ0v) is 18.5. The van der Waals surface area contributed by atoms with Gasteiger partial charge in [-0.15, -0.1) is 0 Å². The van der Waals surface area contributed by atoms with Crippen molar-refractivity contribution in [2.24, 2.45) is 0 Å². The van der Waals surface area contributed by atoms with E-state index in [0.29, 0.717) is 5.69 Å². The van der Waals surface area contributed by atoms with Gasteiger partial charge in [0.1, 0.15) is 20.2 Å². The first kappa shape index (κ1) is 23.9. The molecule has 0 radical (unpaired) electrons. The molecule has 0 fully saturated rings. The van der Waals surface area contributed by atoms with Crippen molar-refractivity contribution in [3.05, 3.63) is 36.4 Å². The first-order valence-corrected chi connectivity index (χ1v) is 8.53. The third-order valence-corrected chi connectivity index (χ3v) is 4.86. The second-order valence-electron chi connectivity index (χ2n) is 4.39. The minimum Gasteiger partial charge on any atom is -0.744 e. The second kappa shape index (κ2) is 8.49. The summed E-state index contributed by atoms with van der Waals surface area (Å²) >= 11 is 0. The van der Waals surface area contributed by atoms with Gasteiger partial charge in [-0.1, -0.05) is 18.2 Å². The molecule has 0 aromatic heterocycles. The van der Waals surface area contributed by atoms with Gasteiger partial charge >= 0.3 is 59.1 Å². The molecule has 12 heteroatoms. The largest absolute Gasteiger partial charge is 1.00 e. The summed E-state index contributed by atoms with van der Waals surface area (Å²) < 4.78 is 68.3. The van der Waals surface area contributed by atoms with Gasteiger partial charge in [-0.05, 0) is 23.8 Å². The van der Waals surface area contributed by atoms with Crippen LogP contribution in [0.5, 0.6) is 0 Å². The van der Waals surface area contributed by atoms with Gasteiger partial charge in [0.2, 0.25) is 0 Å². The Morgan fingerprint density at radius 3 is 1.58 bits per heavy atom. The monoisotopic (exact) mass is 388 g/mol. The molecule has 118 valence electrons. The van der Waals surface area contributed by atoms with Gasteiger partial charge in [-0.2, -0.15) is 0 Å². The van der Waals surface area contributed by atoms with Gasteiger partial charge in [0.25, 0.3) is 0 Å². The van der Waals surface area contributed by atoms with Gasteiger partial charge in [-0.3, -0.25) is 0 Å². The summed E-state index contributed by atoms with van der Waals surface area (Å²) in [7, 11) is -10.5. The molecular weight excluding hydrogens is 378 g/mol. The van der Waals surface area contributed by atoms with E-state index in [2.05, 4.69) is 0 Å². The van der Waals surface area contributed by atoms with Crippen LogP contribution in [0.2, 0.25) is 0 Å². The van der Waals surface area contributed by atoms with Crippen LogP contribution in [0.4, 0.5) is 11.4 Å². The van der Waals surface area contributed by atoms with Crippen molar-refractivity contribution in [2.45, 2.75) is 9.79 Å². The number of hydrogen-bond donors (Lipinski definition) is 2. The van der Waals surface area contributed by atoms with E-state index in [1.165, 1.54) is 24.3 Å². The summed E-state index contributed by atoms with van der Waals surface area (Å²) in [5, 5.41) is 0. The molecule has 0 saturated carbocycles. The van der Waals surface area contributed by atoms with E-state index in [-0.39, 0.29) is 70.2 Å². The SMILES string of the molecule is Nc1ccc(-c2ccc(N)c(S(=O)(=O)[O-])c2S(=O)(=O)[O-])cc1.[Na+].[Na+]. The van der Waals surface area contributed by atoms with Crippen LogP contribution in [-0.4, -0.2) is 25.9 Å². The summed E-state index contributed by atoms with van der Waals surface area (Å²) in [5.41, 5.74) is 10.6. The molecule has 0 aliphatic carbocycles. The maximum atomic E-state index is 11.5. The van der Waals surface area contributed by atoms with E-state index in [0.717, 1.165) is 12.1 Å². The summed E-state index contributed by atoms with van der Waals surface area (Å²) in [6, 6.07) is 7.83. The predicted octanol–water partition coefficient (Wildman–Crippen LogP) is -5.67. The van der Waals surface area contributed by atoms with E-state index >= 15 is 0 Å². The fourth-order valence-corrected chi connectivity index (χ4v) is 4.08. The van der Waals surface area contributed by atoms with Crippen LogP contribution < -0.4 is 70.6 Å². The number of anilines is 2. The van der Waals surface area contributed by atoms with Crippen LogP contribution in [0.3, 0.4) is 0 Å². The molecule has 0 aliphatic heterocycles. The molecule has 0 amide bonds. The summed E-state index contributed by atoms with van der Waals surface area (Å²) in [6.07, 6.45) is 0. The Kier molecular flexibility index (Phi) is 8.45. The molecule has 0 aliphatic rings. The first-order chi connectivity index (χ1) is 10.0. The van der Waals surface area contributed by atoms with Crippen LogP contribution in [-0.2, 0) is 20.2 Å². The molecule has 24 heavy (non-hydrogen) atoms. The van der Waals surface area contributed by atoms with Crippen molar-refractivity contribution in [1.29, 1.82) is 0 Å². The van der Waals surface area contributed by atoms with Gasteiger partial charge in [0.05, 0.1) is 15.5 Å². The van der Waals surface area contributed by atoms with Crippen molar-refractivity contribution in [1.82, 2.24) is 0 Å². The van der Waals surface area contributed by atoms with Gasteiger partial charge in [-0.25, -0.2) is 16.8 Å². The van der Waals surface area contributed by atoms with Crippen LogP contribution in [0.25, 0.3) is 11.1 Å². The molecule has 0 unspecified atom stereocenters. The Morgan fingerprint density at radius 2 is 1.17 bits per heavy atom. The van der Waals surface area contributed by atoms with Crippen molar-refractivity contribution < 1.29 is 85.1 Å². The third-order valence-electron chi connectivity index (χ3n) is 2.86. The van der Waals surface area contributed by atoms with Crippen molar-refractivity contribution in [2.75, 3.05) is 11.5 Å². The molecular formula is C12H10N2Na2O6S2. The molecule has 0 bridgehead atoms. The molecule has 2 aromatic carbocycles. The summed E-state index contributed by atoms with van der Waals surface area (Å²) in [4.78, 5) is -2.40. The quantitative estimate of drug-likeness (QED) is 0.298. The number of hydrogen-bond acceptors (Lipinski definition) is 8. The summed E-state index contributed by atoms with van der Waals surface area (Å²) in [5.74, 6) is 0. The minimum absolute atomic E-state index is 0. The standard InChI is InChI=1S/C12H12N2O6S2.2Na/c13-8-3-1-7(2-4-8)9-5-6-10(14)12(22(18,19)20)11(9)21(15,16)17;;/h1-6H,13-14H2,(H,15,16,17)(H,18,19,20);;/q;2*+1/p-2. The average molecular weight is 388 g/mol. The van der Waals surface area contributed by atoms with E-state index in [1.54, 1.807) is 0 Å². The van der Waals surface area contributed by atoms with Crippen molar-refractivity contribution in [3.63, 3.8) is 0 Å². The number of nitrogens with two attached hydrogens (primary N) is 2. The predicted molar refractivity (Wildman–Crippen MR) is 76.6 cm³/mol. The van der Waals surface area contributed by atoms with Gasteiger partial charge in [0.15, 0.2) is 0 Å². The minimum atomic E-state index is -5.27. The average Bonchev–Trinajstić information content (AvgIpc) is 2.37. The molecule has 8 nitrogen and oxygen atoms in total. The number of nitrogen functional groups attached to an aromatic ring is 2. The topological polar surface area (TPSA) is 166 Å². The maximum Gasteiger partial charge on any atom is 1.00 e. The Morgan fingerprint density at radius 1 is 0.708 bits per heavy atom. The molecule has 0 spiro atoms. The fourth-order valence-electron chi connectivity index (χ4n) is 1.97. The van der Waals surface area contributed by atoms with E-state index in [1.807, 2.05) is 0 Å². The number of rotatable bonds is 3. The van der Waals surface area contributed by atoms with Crippen LogP contribution in [0.1, 0.15) is 0 Å². The van der Waals surface area contributed by atoms with E-state index in [4.69, 9.17) is 11.5 Å². The van der Waals surface area contributed by atoms with Crippen LogP contribution in [0.15, 0.2) is 46.2 Å². The van der Waals surface area contributed by atoms with Gasteiger partial charge < -0.3 is 20.6 Å². The molecule has 0 heterocycles. The fraction of sp³-hybridized carbons (Fsp3) is 0. The normalized spacial score (nSPS) is 11.2. The number of benzene rings is 2.